The van der Waals surface area contributed by atoms with Crippen LogP contribution in [0.3, 0.4) is 0 Å². The smallest absolute Gasteiger partial charge is 0.250 e. The predicted molar refractivity (Wildman–Crippen MR) is 92.8 cm³/mol. The van der Waals surface area contributed by atoms with Gasteiger partial charge in [-0.25, -0.2) is 13.1 Å². The zero-order chi connectivity index (χ0) is 15.6. The summed E-state index contributed by atoms with van der Waals surface area (Å²) < 4.78 is 27.4. The van der Waals surface area contributed by atoms with Crippen LogP contribution in [0.2, 0.25) is 0 Å². The summed E-state index contributed by atoms with van der Waals surface area (Å²) in [6.07, 6.45) is 0.868. The first-order chi connectivity index (χ1) is 9.83. The van der Waals surface area contributed by atoms with Gasteiger partial charge >= 0.3 is 0 Å². The number of hydrogen-bond acceptors (Lipinski definition) is 5. The molecule has 1 aliphatic rings. The van der Waals surface area contributed by atoms with Crippen molar-refractivity contribution in [1.29, 1.82) is 0 Å². The lowest BCUT2D eigenvalue weighted by Gasteiger charge is -2.21. The maximum atomic E-state index is 12.2. The van der Waals surface area contributed by atoms with Crippen molar-refractivity contribution in [3.05, 3.63) is 15.9 Å². The number of sulfonamides is 1. The summed E-state index contributed by atoms with van der Waals surface area (Å²) in [5.41, 5.74) is 5.63. The number of nitrogens with one attached hydrogen (secondary N) is 1. The van der Waals surface area contributed by atoms with Crippen LogP contribution in [0.4, 0.5) is 0 Å². The molecule has 1 aromatic rings. The number of rotatable bonds is 5. The molecule has 2 heterocycles. The second kappa shape index (κ2) is 8.07. The van der Waals surface area contributed by atoms with E-state index in [1.165, 1.54) is 6.07 Å². The highest BCUT2D eigenvalue weighted by atomic mass is 79.9. The Morgan fingerprint density at radius 3 is 2.73 bits per heavy atom. The van der Waals surface area contributed by atoms with Crippen molar-refractivity contribution >= 4 is 55.6 Å². The average molecular weight is 433 g/mol. The fraction of sp³-hybridized carbons (Fsp3) is 0.583. The Kier molecular flexibility index (Phi) is 7.28. The number of hydrogen-bond donors (Lipinski definition) is 2. The van der Waals surface area contributed by atoms with Crippen molar-refractivity contribution in [1.82, 2.24) is 9.62 Å². The first-order valence-electron chi connectivity index (χ1n) is 6.58. The molecule has 6 nitrogen and oxygen atoms in total. The quantitative estimate of drug-likeness (QED) is 0.736. The van der Waals surface area contributed by atoms with Gasteiger partial charge in [0.15, 0.2) is 0 Å². The first kappa shape index (κ1) is 19.9. The summed E-state index contributed by atoms with van der Waals surface area (Å²) in [7, 11) is -3.63. The monoisotopic (exact) mass is 431 g/mol. The highest BCUT2D eigenvalue weighted by molar-refractivity contribution is 9.11. The summed E-state index contributed by atoms with van der Waals surface area (Å²) in [5, 5.41) is 0. The van der Waals surface area contributed by atoms with Gasteiger partial charge in [0.2, 0.25) is 5.91 Å². The molecule has 126 valence electrons. The maximum absolute atomic E-state index is 12.2. The molecule has 2 unspecified atom stereocenters. The Hall–Kier alpha value is -0.190. The predicted octanol–water partition coefficient (Wildman–Crippen LogP) is 1.41. The van der Waals surface area contributed by atoms with E-state index in [0.717, 1.165) is 21.5 Å². The molecule has 2 rings (SSSR count). The number of nitrogens with zero attached hydrogens (tertiary/aromatic N) is 1. The van der Waals surface area contributed by atoms with Gasteiger partial charge in [-0.15, -0.1) is 23.7 Å². The molecule has 0 aromatic carbocycles. The van der Waals surface area contributed by atoms with E-state index in [4.69, 9.17) is 5.73 Å². The lowest BCUT2D eigenvalue weighted by molar-refractivity contribution is -0.130. The first-order valence-corrected chi connectivity index (χ1v) is 9.67. The van der Waals surface area contributed by atoms with Crippen LogP contribution in [0.15, 0.2) is 20.1 Å². The van der Waals surface area contributed by atoms with Crippen molar-refractivity contribution < 1.29 is 13.2 Å². The summed E-state index contributed by atoms with van der Waals surface area (Å²) in [4.78, 5) is 13.9. The van der Waals surface area contributed by atoms with Gasteiger partial charge in [0.25, 0.3) is 10.0 Å². The Labute approximate surface area is 149 Å². The van der Waals surface area contributed by atoms with E-state index in [9.17, 15) is 13.2 Å². The molecule has 22 heavy (non-hydrogen) atoms. The van der Waals surface area contributed by atoms with Crippen LogP contribution in [0.5, 0.6) is 0 Å². The zero-order valence-corrected chi connectivity index (χ0v) is 16.0. The van der Waals surface area contributed by atoms with Crippen molar-refractivity contribution in [3.63, 3.8) is 0 Å². The molecule has 2 atom stereocenters. The van der Waals surface area contributed by atoms with Crippen LogP contribution in [0.1, 0.15) is 13.3 Å². The van der Waals surface area contributed by atoms with Crippen molar-refractivity contribution in [2.45, 2.75) is 23.6 Å². The summed E-state index contributed by atoms with van der Waals surface area (Å²) in [6.45, 7) is 2.88. The number of likely N-dealkylation sites (tertiary alicyclic amines) is 1. The Morgan fingerprint density at radius 2 is 2.23 bits per heavy atom. The fourth-order valence-corrected chi connectivity index (χ4v) is 5.46. The molecule has 0 aliphatic carbocycles. The summed E-state index contributed by atoms with van der Waals surface area (Å²) in [6, 6.07) is 3.27. The van der Waals surface area contributed by atoms with Crippen molar-refractivity contribution in [2.24, 2.45) is 11.7 Å². The molecular weight excluding hydrogens is 414 g/mol. The summed E-state index contributed by atoms with van der Waals surface area (Å²) >= 11 is 4.33. The minimum Gasteiger partial charge on any atom is -0.339 e. The fourth-order valence-electron chi connectivity index (χ4n) is 2.43. The van der Waals surface area contributed by atoms with Crippen LogP contribution in [0.25, 0.3) is 0 Å². The van der Waals surface area contributed by atoms with Gasteiger partial charge < -0.3 is 10.6 Å². The minimum atomic E-state index is -3.63. The third-order valence-electron chi connectivity index (χ3n) is 3.54. The molecule has 1 saturated heterocycles. The van der Waals surface area contributed by atoms with Crippen LogP contribution in [0, 0.1) is 5.92 Å². The number of halogens is 2. The minimum absolute atomic E-state index is 0. The molecule has 3 N–H and O–H groups in total. The van der Waals surface area contributed by atoms with Gasteiger partial charge in [-0.1, -0.05) is 0 Å². The van der Waals surface area contributed by atoms with Crippen LogP contribution in [-0.4, -0.2) is 44.9 Å². The van der Waals surface area contributed by atoms with Crippen molar-refractivity contribution in [3.8, 4) is 0 Å². The lowest BCUT2D eigenvalue weighted by atomic mass is 10.1. The van der Waals surface area contributed by atoms with E-state index in [1.54, 1.807) is 11.0 Å². The van der Waals surface area contributed by atoms with Gasteiger partial charge in [0.1, 0.15) is 4.21 Å². The van der Waals surface area contributed by atoms with Gasteiger partial charge in [0.05, 0.1) is 10.3 Å². The van der Waals surface area contributed by atoms with E-state index in [2.05, 4.69) is 20.7 Å². The highest BCUT2D eigenvalue weighted by Crippen LogP contribution is 2.26. The SMILES string of the molecule is CC1CC(CN)CN1C(=O)CNS(=O)(=O)c1ccc(Br)s1.Cl. The second-order valence-corrected chi connectivity index (χ2v) is 9.57. The van der Waals surface area contributed by atoms with Gasteiger partial charge in [-0.05, 0) is 53.9 Å². The number of thiophene rings is 1. The molecule has 1 fully saturated rings. The topological polar surface area (TPSA) is 92.5 Å². The normalized spacial score (nSPS) is 21.7. The van der Waals surface area contributed by atoms with Crippen LogP contribution >= 0.6 is 39.7 Å². The molecule has 0 spiro atoms. The molecule has 0 saturated carbocycles. The number of carbonyl (C=O) groups excluding carboxylic acids is 1. The number of nitrogens with two attached hydrogens (primary N) is 1. The Morgan fingerprint density at radius 1 is 1.55 bits per heavy atom. The lowest BCUT2D eigenvalue weighted by Crippen LogP contribution is -2.41. The van der Waals surface area contributed by atoms with E-state index < -0.39 is 10.0 Å². The molecule has 0 bridgehead atoms. The standard InChI is InChI=1S/C12H18BrN3O3S2.ClH/c1-8-4-9(5-14)7-16(8)11(17)6-15-21(18,19)12-3-2-10(13)20-12;/h2-3,8-9,15H,4-7,14H2,1H3;1H. The Bertz CT molecular complexity index is 623. The van der Waals surface area contributed by atoms with Crippen LogP contribution in [-0.2, 0) is 14.8 Å². The third kappa shape index (κ3) is 4.65. The second-order valence-electron chi connectivity index (χ2n) is 5.12. The average Bonchev–Trinajstić information content (AvgIpc) is 3.02. The van der Waals surface area contributed by atoms with E-state index in [-0.39, 0.29) is 35.1 Å². The third-order valence-corrected chi connectivity index (χ3v) is 7.06. The van der Waals surface area contributed by atoms with E-state index in [1.807, 2.05) is 6.92 Å². The largest absolute Gasteiger partial charge is 0.339 e. The molecule has 1 amide bonds. The Balaban J connectivity index is 0.00000242. The molecule has 1 aliphatic heterocycles. The van der Waals surface area contributed by atoms with Gasteiger partial charge in [-0.3, -0.25) is 4.79 Å². The molecule has 0 radical (unpaired) electrons. The van der Waals surface area contributed by atoms with Gasteiger partial charge in [0, 0.05) is 12.6 Å². The summed E-state index contributed by atoms with van der Waals surface area (Å²) in [5.74, 6) is 0.0893. The molecular formula is C12H19BrClN3O3S2. The van der Waals surface area contributed by atoms with Gasteiger partial charge in [-0.2, -0.15) is 0 Å². The highest BCUT2D eigenvalue weighted by Gasteiger charge is 2.32. The molecule has 1 aromatic heterocycles. The maximum Gasteiger partial charge on any atom is 0.250 e. The van der Waals surface area contributed by atoms with Crippen molar-refractivity contribution in [2.75, 3.05) is 19.6 Å². The molecule has 10 heteroatoms. The number of amides is 1. The van der Waals surface area contributed by atoms with Crippen LogP contribution < -0.4 is 10.5 Å². The number of carbonyl (C=O) groups is 1. The van der Waals surface area contributed by atoms with E-state index >= 15 is 0 Å². The van der Waals surface area contributed by atoms with E-state index in [0.29, 0.717) is 19.0 Å². The zero-order valence-electron chi connectivity index (χ0n) is 12.0.